The van der Waals surface area contributed by atoms with Gasteiger partial charge in [-0.25, -0.2) is 4.79 Å². The number of fused-ring (bicyclic) bond motifs is 1. The molecule has 0 aliphatic carbocycles. The number of carbonyl (C=O) groups excluding carboxylic acids is 1. The van der Waals surface area contributed by atoms with Gasteiger partial charge in [0.2, 0.25) is 0 Å². The van der Waals surface area contributed by atoms with Crippen LogP contribution in [0, 0.1) is 13.8 Å². The summed E-state index contributed by atoms with van der Waals surface area (Å²) in [6.45, 7) is 4.41. The molecule has 2 aromatic rings. The number of benzene rings is 1. The van der Waals surface area contributed by atoms with Gasteiger partial charge in [-0.15, -0.1) is 0 Å². The monoisotopic (exact) mass is 327 g/mol. The zero-order chi connectivity index (χ0) is 17.1. The van der Waals surface area contributed by atoms with Gasteiger partial charge in [-0.1, -0.05) is 18.2 Å². The zero-order valence-corrected chi connectivity index (χ0v) is 13.9. The average Bonchev–Trinajstić information content (AvgIpc) is 2.56. The molecule has 0 bridgehead atoms. The Morgan fingerprint density at radius 1 is 1.38 bits per heavy atom. The topological polar surface area (TPSA) is 73.2 Å². The molecule has 1 unspecified atom stereocenters. The predicted octanol–water partition coefficient (Wildman–Crippen LogP) is 1.37. The molecule has 0 saturated carbocycles. The summed E-state index contributed by atoms with van der Waals surface area (Å²) in [4.78, 5) is 28.1. The Bertz CT molecular complexity index is 813. The molecule has 6 nitrogen and oxygen atoms in total. The van der Waals surface area contributed by atoms with E-state index in [1.165, 1.54) is 0 Å². The van der Waals surface area contributed by atoms with Crippen LogP contribution in [-0.2, 0) is 17.8 Å². The summed E-state index contributed by atoms with van der Waals surface area (Å²) in [5.41, 5.74) is 2.38. The van der Waals surface area contributed by atoms with Crippen LogP contribution in [0.25, 0.3) is 0 Å². The molecular formula is C18H21N3O3. The minimum Gasteiger partial charge on any atom is -0.480 e. The Labute approximate surface area is 140 Å². The predicted molar refractivity (Wildman–Crippen MR) is 90.2 cm³/mol. The van der Waals surface area contributed by atoms with Gasteiger partial charge in [0.15, 0.2) is 6.10 Å². The van der Waals surface area contributed by atoms with E-state index in [9.17, 15) is 9.59 Å². The van der Waals surface area contributed by atoms with Crippen molar-refractivity contribution in [3.8, 4) is 5.75 Å². The fraction of sp³-hybridized carbons (Fsp3) is 0.389. The molecule has 3 rings (SSSR count). The highest BCUT2D eigenvalue weighted by molar-refractivity contribution is 5.81. The van der Waals surface area contributed by atoms with E-state index in [1.54, 1.807) is 11.5 Å². The van der Waals surface area contributed by atoms with Crippen molar-refractivity contribution in [2.24, 2.45) is 0 Å². The molecule has 126 valence electrons. The van der Waals surface area contributed by atoms with Gasteiger partial charge in [-0.05, 0) is 44.4 Å². The molecule has 0 saturated heterocycles. The zero-order valence-electron chi connectivity index (χ0n) is 13.9. The molecule has 0 fully saturated rings. The Hall–Kier alpha value is -2.63. The van der Waals surface area contributed by atoms with E-state index in [2.05, 4.69) is 10.3 Å². The summed E-state index contributed by atoms with van der Waals surface area (Å²) in [5, 5.41) is 2.85. The number of ether oxygens (including phenoxy) is 1. The third-order valence-electron chi connectivity index (χ3n) is 4.19. The first-order valence-corrected chi connectivity index (χ1v) is 8.12. The first-order valence-electron chi connectivity index (χ1n) is 8.12. The Morgan fingerprint density at radius 3 is 2.96 bits per heavy atom. The lowest BCUT2D eigenvalue weighted by Gasteiger charge is -2.25. The van der Waals surface area contributed by atoms with E-state index in [1.807, 2.05) is 37.3 Å². The third kappa shape index (κ3) is 3.48. The average molecular weight is 327 g/mol. The summed E-state index contributed by atoms with van der Waals surface area (Å²) < 4.78 is 7.33. The molecule has 0 radical (unpaired) electrons. The van der Waals surface area contributed by atoms with Crippen molar-refractivity contribution < 1.29 is 9.53 Å². The number of aryl methyl sites for hydroxylation is 3. The van der Waals surface area contributed by atoms with Crippen LogP contribution in [0.4, 0.5) is 0 Å². The molecule has 1 amide bonds. The molecule has 1 atom stereocenters. The van der Waals surface area contributed by atoms with E-state index in [0.29, 0.717) is 25.2 Å². The number of carbonyl (C=O) groups is 1. The molecule has 6 heteroatoms. The number of hydrogen-bond acceptors (Lipinski definition) is 4. The summed E-state index contributed by atoms with van der Waals surface area (Å²) in [7, 11) is 0. The fourth-order valence-electron chi connectivity index (χ4n) is 2.96. The number of nitrogens with one attached hydrogen (secondary N) is 1. The lowest BCUT2D eigenvalue weighted by atomic mass is 10.0. The number of rotatable bonds is 4. The van der Waals surface area contributed by atoms with Crippen molar-refractivity contribution in [3.05, 3.63) is 57.8 Å². The van der Waals surface area contributed by atoms with Crippen LogP contribution >= 0.6 is 0 Å². The lowest BCUT2D eigenvalue weighted by Crippen LogP contribution is -2.42. The summed E-state index contributed by atoms with van der Waals surface area (Å²) in [6.07, 6.45) is 1.01. The van der Waals surface area contributed by atoms with Gasteiger partial charge in [-0.2, -0.15) is 4.98 Å². The van der Waals surface area contributed by atoms with Gasteiger partial charge < -0.3 is 10.1 Å². The molecule has 1 aliphatic rings. The second-order valence-electron chi connectivity index (χ2n) is 6.02. The number of para-hydroxylation sites is 1. The van der Waals surface area contributed by atoms with Crippen molar-refractivity contribution in [1.29, 1.82) is 0 Å². The van der Waals surface area contributed by atoms with Gasteiger partial charge >= 0.3 is 5.69 Å². The standard InChI is InChI=1S/C18H21N3O3/c1-12-11-13(2)21(18(23)20-12)10-9-19-17(22)16-8-7-14-5-3-4-6-15(14)24-16/h3-6,11,16H,7-10H2,1-2H3,(H,19,22). The molecule has 1 N–H and O–H groups in total. The van der Waals surface area contributed by atoms with Gasteiger partial charge in [0, 0.05) is 24.5 Å². The van der Waals surface area contributed by atoms with E-state index < -0.39 is 6.10 Å². The van der Waals surface area contributed by atoms with E-state index in [0.717, 1.165) is 23.4 Å². The number of aromatic nitrogens is 2. The maximum Gasteiger partial charge on any atom is 0.348 e. The SMILES string of the molecule is Cc1cc(C)n(CCNC(=O)C2CCc3ccccc3O2)c(=O)n1. The van der Waals surface area contributed by atoms with Gasteiger partial charge in [-0.3, -0.25) is 9.36 Å². The summed E-state index contributed by atoms with van der Waals surface area (Å²) in [6, 6.07) is 9.63. The van der Waals surface area contributed by atoms with Crippen LogP contribution in [0.1, 0.15) is 23.4 Å². The highest BCUT2D eigenvalue weighted by Gasteiger charge is 2.25. The maximum absolute atomic E-state index is 12.3. The highest BCUT2D eigenvalue weighted by Crippen LogP contribution is 2.26. The Balaban J connectivity index is 1.56. The molecule has 1 aliphatic heterocycles. The van der Waals surface area contributed by atoms with Crippen LogP contribution in [-0.4, -0.2) is 28.1 Å². The van der Waals surface area contributed by atoms with Crippen molar-refractivity contribution in [2.45, 2.75) is 39.3 Å². The van der Waals surface area contributed by atoms with Crippen LogP contribution in [0.3, 0.4) is 0 Å². The van der Waals surface area contributed by atoms with Crippen LogP contribution in [0.2, 0.25) is 0 Å². The van der Waals surface area contributed by atoms with Gasteiger partial charge in [0.1, 0.15) is 5.75 Å². The molecule has 0 spiro atoms. The van der Waals surface area contributed by atoms with Crippen molar-refractivity contribution >= 4 is 5.91 Å². The largest absolute Gasteiger partial charge is 0.480 e. The molecule has 1 aromatic carbocycles. The summed E-state index contributed by atoms with van der Waals surface area (Å²) in [5.74, 6) is 0.633. The summed E-state index contributed by atoms with van der Waals surface area (Å²) >= 11 is 0. The minimum atomic E-state index is -0.478. The quantitative estimate of drug-likeness (QED) is 0.920. The van der Waals surface area contributed by atoms with E-state index in [4.69, 9.17) is 4.74 Å². The van der Waals surface area contributed by atoms with Crippen LogP contribution in [0.15, 0.2) is 35.1 Å². The number of amides is 1. The molecule has 24 heavy (non-hydrogen) atoms. The maximum atomic E-state index is 12.3. The number of hydrogen-bond donors (Lipinski definition) is 1. The molecule has 2 heterocycles. The Kier molecular flexibility index (Phi) is 4.64. The van der Waals surface area contributed by atoms with Gasteiger partial charge in [0.25, 0.3) is 5.91 Å². The van der Waals surface area contributed by atoms with E-state index in [-0.39, 0.29) is 11.6 Å². The van der Waals surface area contributed by atoms with Gasteiger partial charge in [0.05, 0.1) is 0 Å². The van der Waals surface area contributed by atoms with Crippen molar-refractivity contribution in [3.63, 3.8) is 0 Å². The van der Waals surface area contributed by atoms with Crippen LogP contribution in [0.5, 0.6) is 5.75 Å². The normalized spacial score (nSPS) is 16.2. The lowest BCUT2D eigenvalue weighted by molar-refractivity contribution is -0.128. The van der Waals surface area contributed by atoms with E-state index >= 15 is 0 Å². The molecular weight excluding hydrogens is 306 g/mol. The molecule has 1 aromatic heterocycles. The Morgan fingerprint density at radius 2 is 2.17 bits per heavy atom. The smallest absolute Gasteiger partial charge is 0.348 e. The van der Waals surface area contributed by atoms with Crippen molar-refractivity contribution in [1.82, 2.24) is 14.9 Å². The minimum absolute atomic E-state index is 0.143. The fourth-order valence-corrected chi connectivity index (χ4v) is 2.96. The third-order valence-corrected chi connectivity index (χ3v) is 4.19. The second-order valence-corrected chi connectivity index (χ2v) is 6.02. The van der Waals surface area contributed by atoms with Crippen molar-refractivity contribution in [2.75, 3.05) is 6.54 Å². The first-order chi connectivity index (χ1) is 11.5. The highest BCUT2D eigenvalue weighted by atomic mass is 16.5. The first kappa shape index (κ1) is 16.2. The second kappa shape index (κ2) is 6.86. The van der Waals surface area contributed by atoms with Crippen LogP contribution < -0.4 is 15.7 Å². The number of nitrogens with zero attached hydrogens (tertiary/aromatic N) is 2.